The van der Waals surface area contributed by atoms with Crippen LogP contribution in [0.1, 0.15) is 24.0 Å². The van der Waals surface area contributed by atoms with Gasteiger partial charge in [-0.05, 0) is 55.3 Å². The summed E-state index contributed by atoms with van der Waals surface area (Å²) < 4.78 is 33.6. The predicted molar refractivity (Wildman–Crippen MR) is 106 cm³/mol. The molecule has 1 amide bonds. The van der Waals surface area contributed by atoms with Gasteiger partial charge in [-0.2, -0.15) is 5.26 Å². The molecule has 8 heteroatoms. The van der Waals surface area contributed by atoms with Crippen molar-refractivity contribution in [2.24, 2.45) is 0 Å². The minimum absolute atomic E-state index is 0.00927. The van der Waals surface area contributed by atoms with Gasteiger partial charge in [0.2, 0.25) is 5.91 Å². The van der Waals surface area contributed by atoms with Crippen LogP contribution >= 0.6 is 0 Å². The Morgan fingerprint density at radius 3 is 2.69 bits per heavy atom. The van der Waals surface area contributed by atoms with E-state index in [2.05, 4.69) is 9.71 Å². The molecule has 2 aromatic carbocycles. The van der Waals surface area contributed by atoms with Gasteiger partial charge in [0.25, 0.3) is 10.0 Å². The molecule has 0 spiro atoms. The largest absolute Gasteiger partial charge is 0.496 e. The first-order valence-electron chi connectivity index (χ1n) is 8.91. The van der Waals surface area contributed by atoms with E-state index in [1.165, 1.54) is 13.2 Å². The molecule has 1 N–H and O–H groups in total. The maximum Gasteiger partial charge on any atom is 0.264 e. The molecule has 1 fully saturated rings. The van der Waals surface area contributed by atoms with E-state index < -0.39 is 21.3 Å². The first kappa shape index (κ1) is 18.9. The van der Waals surface area contributed by atoms with Gasteiger partial charge in [0.1, 0.15) is 5.75 Å². The van der Waals surface area contributed by atoms with E-state index in [-0.39, 0.29) is 4.90 Å². The molecule has 0 unspecified atom stereocenters. The zero-order valence-electron chi connectivity index (χ0n) is 15.5. The number of aromatic nitrogens is 1. The van der Waals surface area contributed by atoms with E-state index in [4.69, 9.17) is 4.74 Å². The number of benzene rings is 2. The maximum atomic E-state index is 13.1. The molecule has 1 aliphatic rings. The lowest BCUT2D eigenvalue weighted by atomic mass is 9.93. The maximum absolute atomic E-state index is 13.1. The Kier molecular flexibility index (Phi) is 4.47. The second kappa shape index (κ2) is 6.87. The first-order chi connectivity index (χ1) is 13.9. The Balaban J connectivity index is 1.72. The summed E-state index contributed by atoms with van der Waals surface area (Å²) in [6, 6.07) is 14.9. The molecular weight excluding hydrogens is 390 g/mol. The van der Waals surface area contributed by atoms with Gasteiger partial charge in [-0.15, -0.1) is 0 Å². The fourth-order valence-corrected chi connectivity index (χ4v) is 4.75. The van der Waals surface area contributed by atoms with Crippen LogP contribution in [0, 0.1) is 11.3 Å². The topological polar surface area (TPSA) is 109 Å². The van der Waals surface area contributed by atoms with Crippen molar-refractivity contribution in [3.8, 4) is 11.8 Å². The zero-order valence-corrected chi connectivity index (χ0v) is 16.4. The Morgan fingerprint density at radius 2 is 2.00 bits per heavy atom. The van der Waals surface area contributed by atoms with Crippen LogP contribution < -0.4 is 9.46 Å². The van der Waals surface area contributed by atoms with Gasteiger partial charge in [-0.3, -0.25) is 9.78 Å². The van der Waals surface area contributed by atoms with Crippen molar-refractivity contribution in [1.82, 2.24) is 9.71 Å². The summed E-state index contributed by atoms with van der Waals surface area (Å²) in [5, 5.41) is 9.63. The fourth-order valence-electron chi connectivity index (χ4n) is 3.48. The Hall–Kier alpha value is -3.44. The van der Waals surface area contributed by atoms with E-state index in [1.54, 1.807) is 48.7 Å². The smallest absolute Gasteiger partial charge is 0.264 e. The van der Waals surface area contributed by atoms with Crippen molar-refractivity contribution in [2.75, 3.05) is 7.11 Å². The van der Waals surface area contributed by atoms with Gasteiger partial charge in [0.15, 0.2) is 0 Å². The van der Waals surface area contributed by atoms with Crippen LogP contribution in [0.25, 0.3) is 10.9 Å². The van der Waals surface area contributed by atoms with E-state index >= 15 is 0 Å². The molecule has 0 saturated heterocycles. The van der Waals surface area contributed by atoms with Gasteiger partial charge >= 0.3 is 0 Å². The van der Waals surface area contributed by atoms with Crippen molar-refractivity contribution >= 4 is 26.8 Å². The highest BCUT2D eigenvalue weighted by atomic mass is 32.2. The standard InChI is InChI=1S/C21H17N3O4S/c1-28-18-8-7-14(13-22)12-16(18)21(9-10-21)20(25)24-29(26,27)19-6-2-5-17-15(19)4-3-11-23-17/h2-8,11-12H,9-10H2,1H3,(H,24,25). The number of pyridine rings is 1. The number of fused-ring (bicyclic) bond motifs is 1. The van der Waals surface area contributed by atoms with Crippen LogP contribution in [-0.4, -0.2) is 26.4 Å². The highest BCUT2D eigenvalue weighted by Crippen LogP contribution is 2.52. The molecule has 1 aliphatic carbocycles. The molecule has 1 saturated carbocycles. The highest BCUT2D eigenvalue weighted by Gasteiger charge is 2.54. The number of nitrogens with one attached hydrogen (secondary N) is 1. The number of sulfonamides is 1. The predicted octanol–water partition coefficient (Wildman–Crippen LogP) is 2.65. The molecule has 0 atom stereocenters. The Bertz CT molecular complexity index is 1270. The second-order valence-electron chi connectivity index (χ2n) is 6.87. The quantitative estimate of drug-likeness (QED) is 0.696. The van der Waals surface area contributed by atoms with Crippen LogP contribution in [0.5, 0.6) is 5.75 Å². The molecule has 1 heterocycles. The number of methoxy groups -OCH3 is 1. The molecule has 3 aromatic rings. The average molecular weight is 407 g/mol. The van der Waals surface area contributed by atoms with Gasteiger partial charge in [0.05, 0.1) is 34.6 Å². The fraction of sp³-hybridized carbons (Fsp3) is 0.190. The van der Waals surface area contributed by atoms with E-state index in [0.717, 1.165) is 0 Å². The first-order valence-corrected chi connectivity index (χ1v) is 10.4. The molecule has 7 nitrogen and oxygen atoms in total. The van der Waals surface area contributed by atoms with E-state index in [0.29, 0.717) is 40.6 Å². The number of amides is 1. The molecule has 4 rings (SSSR count). The van der Waals surface area contributed by atoms with Crippen LogP contribution in [0.2, 0.25) is 0 Å². The number of rotatable bonds is 5. The lowest BCUT2D eigenvalue weighted by Crippen LogP contribution is -2.39. The number of hydrogen-bond acceptors (Lipinski definition) is 6. The number of nitrogens with zero attached hydrogens (tertiary/aromatic N) is 2. The van der Waals surface area contributed by atoms with Gasteiger partial charge in [-0.1, -0.05) is 6.07 Å². The van der Waals surface area contributed by atoms with Crippen molar-refractivity contribution in [3.63, 3.8) is 0 Å². The minimum atomic E-state index is -4.12. The Labute approximate surface area is 168 Å². The van der Waals surface area contributed by atoms with E-state index in [1.807, 2.05) is 6.07 Å². The second-order valence-corrected chi connectivity index (χ2v) is 8.52. The highest BCUT2D eigenvalue weighted by molar-refractivity contribution is 7.90. The van der Waals surface area contributed by atoms with Crippen LogP contribution in [0.4, 0.5) is 0 Å². The molecule has 29 heavy (non-hydrogen) atoms. The third-order valence-corrected chi connectivity index (χ3v) is 6.54. The third-order valence-electron chi connectivity index (χ3n) is 5.15. The third kappa shape index (κ3) is 3.19. The Morgan fingerprint density at radius 1 is 1.21 bits per heavy atom. The summed E-state index contributed by atoms with van der Waals surface area (Å²) in [5.74, 6) is -0.185. The average Bonchev–Trinajstić information content (AvgIpc) is 3.54. The zero-order chi connectivity index (χ0) is 20.6. The lowest BCUT2D eigenvalue weighted by Gasteiger charge is -2.19. The number of nitriles is 1. The summed E-state index contributed by atoms with van der Waals surface area (Å²) in [5.41, 5.74) is 0.384. The summed E-state index contributed by atoms with van der Waals surface area (Å²) >= 11 is 0. The number of carbonyl (C=O) groups is 1. The van der Waals surface area contributed by atoms with E-state index in [9.17, 15) is 18.5 Å². The summed E-state index contributed by atoms with van der Waals surface area (Å²) in [4.78, 5) is 17.2. The summed E-state index contributed by atoms with van der Waals surface area (Å²) in [7, 11) is -2.65. The van der Waals surface area contributed by atoms with Crippen molar-refractivity contribution < 1.29 is 17.9 Å². The minimum Gasteiger partial charge on any atom is -0.496 e. The molecule has 146 valence electrons. The molecule has 0 radical (unpaired) electrons. The van der Waals surface area contributed by atoms with Crippen molar-refractivity contribution in [3.05, 3.63) is 65.9 Å². The molecule has 0 aliphatic heterocycles. The normalized spacial score (nSPS) is 14.8. The number of carbonyl (C=O) groups excluding carboxylic acids is 1. The molecule has 1 aromatic heterocycles. The summed E-state index contributed by atoms with van der Waals surface area (Å²) in [6.07, 6.45) is 2.51. The van der Waals surface area contributed by atoms with Gasteiger partial charge < -0.3 is 4.74 Å². The van der Waals surface area contributed by atoms with Gasteiger partial charge in [-0.25, -0.2) is 13.1 Å². The van der Waals surface area contributed by atoms with Gasteiger partial charge in [0, 0.05) is 17.1 Å². The monoisotopic (exact) mass is 407 g/mol. The van der Waals surface area contributed by atoms with Crippen LogP contribution in [0.15, 0.2) is 59.6 Å². The van der Waals surface area contributed by atoms with Crippen LogP contribution in [-0.2, 0) is 20.2 Å². The van der Waals surface area contributed by atoms with Crippen molar-refractivity contribution in [2.45, 2.75) is 23.2 Å². The lowest BCUT2D eigenvalue weighted by molar-refractivity contribution is -0.121. The number of ether oxygens (including phenoxy) is 1. The molecule has 0 bridgehead atoms. The summed E-state index contributed by atoms with van der Waals surface area (Å²) in [6.45, 7) is 0. The van der Waals surface area contributed by atoms with Crippen LogP contribution in [0.3, 0.4) is 0 Å². The van der Waals surface area contributed by atoms with Crippen molar-refractivity contribution in [1.29, 1.82) is 5.26 Å². The molecular formula is C21H17N3O4S. The SMILES string of the molecule is COc1ccc(C#N)cc1C1(C(=O)NS(=O)(=O)c2cccc3ncccc23)CC1. The number of hydrogen-bond donors (Lipinski definition) is 1.